The van der Waals surface area contributed by atoms with E-state index in [1.165, 1.54) is 0 Å². The summed E-state index contributed by atoms with van der Waals surface area (Å²) in [7, 11) is -1.29. The molecular formula is C11H28NO3PSi. The van der Waals surface area contributed by atoms with Crippen molar-refractivity contribution in [2.75, 3.05) is 46.4 Å². The number of ether oxygens (including phenoxy) is 2. The summed E-state index contributed by atoms with van der Waals surface area (Å²) in [6, 6.07) is 0. The zero-order chi connectivity index (χ0) is 13.4. The molecule has 0 saturated heterocycles. The second-order valence-corrected chi connectivity index (χ2v) is 13.2. The molecule has 0 aromatic heterocycles. The van der Waals surface area contributed by atoms with Gasteiger partial charge in [0.25, 0.3) is 0 Å². The number of hydrogen-bond acceptors (Lipinski definition) is 4. The normalized spacial score (nSPS) is 15.6. The van der Waals surface area contributed by atoms with Gasteiger partial charge in [0.1, 0.15) is 0 Å². The van der Waals surface area contributed by atoms with Crippen molar-refractivity contribution in [3.05, 3.63) is 0 Å². The van der Waals surface area contributed by atoms with Crippen LogP contribution in [-0.2, 0) is 14.0 Å². The number of rotatable bonds is 9. The van der Waals surface area contributed by atoms with Gasteiger partial charge in [-0.05, 0) is 26.3 Å². The number of methoxy groups -OCH3 is 1. The number of nitrogens with zero attached hydrogens (tertiary/aromatic N) is 1. The van der Waals surface area contributed by atoms with E-state index in [1.807, 2.05) is 0 Å². The van der Waals surface area contributed by atoms with Crippen molar-refractivity contribution in [2.24, 2.45) is 4.41 Å². The molecule has 0 radical (unpaired) electrons. The molecule has 6 heteroatoms. The SMILES string of the molecule is CCP(C)(=N[Si](C)(C)C)OCCOCCOC. The third-order valence-electron chi connectivity index (χ3n) is 2.13. The minimum atomic E-state index is -1.55. The first-order chi connectivity index (χ1) is 7.83. The Hall–Kier alpha value is 0.327. The predicted molar refractivity (Wildman–Crippen MR) is 77.8 cm³/mol. The summed E-state index contributed by atoms with van der Waals surface area (Å²) in [5, 5.41) is 0. The maximum atomic E-state index is 5.95. The van der Waals surface area contributed by atoms with Gasteiger partial charge < -0.3 is 18.4 Å². The molecule has 1 unspecified atom stereocenters. The maximum absolute atomic E-state index is 5.95. The monoisotopic (exact) mass is 281 g/mol. The van der Waals surface area contributed by atoms with E-state index in [4.69, 9.17) is 18.4 Å². The van der Waals surface area contributed by atoms with Crippen molar-refractivity contribution in [2.45, 2.75) is 26.6 Å². The molecule has 104 valence electrons. The summed E-state index contributed by atoms with van der Waals surface area (Å²) in [5.74, 6) is 0. The van der Waals surface area contributed by atoms with Gasteiger partial charge in [0.05, 0.1) is 33.7 Å². The molecule has 0 aliphatic rings. The Morgan fingerprint density at radius 1 is 1.06 bits per heavy atom. The van der Waals surface area contributed by atoms with E-state index in [2.05, 4.69) is 33.2 Å². The van der Waals surface area contributed by atoms with Crippen LogP contribution in [0.15, 0.2) is 4.41 Å². The average molecular weight is 281 g/mol. The van der Waals surface area contributed by atoms with Gasteiger partial charge in [-0.15, -0.1) is 0 Å². The minimum Gasteiger partial charge on any atom is -0.382 e. The third-order valence-corrected chi connectivity index (χ3v) is 8.13. The molecular weight excluding hydrogens is 253 g/mol. The van der Waals surface area contributed by atoms with E-state index >= 15 is 0 Å². The molecule has 0 fully saturated rings. The predicted octanol–water partition coefficient (Wildman–Crippen LogP) is 3.27. The van der Waals surface area contributed by atoms with Crippen LogP contribution < -0.4 is 0 Å². The van der Waals surface area contributed by atoms with Gasteiger partial charge in [-0.3, -0.25) is 0 Å². The van der Waals surface area contributed by atoms with Crippen LogP contribution in [0.25, 0.3) is 0 Å². The highest BCUT2D eigenvalue weighted by molar-refractivity contribution is 7.61. The van der Waals surface area contributed by atoms with Gasteiger partial charge in [0, 0.05) is 13.3 Å². The molecule has 0 bridgehead atoms. The van der Waals surface area contributed by atoms with Crippen LogP contribution in [-0.4, -0.2) is 54.6 Å². The lowest BCUT2D eigenvalue weighted by Crippen LogP contribution is -2.17. The largest absolute Gasteiger partial charge is 0.382 e. The maximum Gasteiger partial charge on any atom is 0.173 e. The van der Waals surface area contributed by atoms with Crippen LogP contribution in [0.5, 0.6) is 0 Å². The zero-order valence-corrected chi connectivity index (χ0v) is 14.0. The van der Waals surface area contributed by atoms with Crippen molar-refractivity contribution in [3.63, 3.8) is 0 Å². The summed E-state index contributed by atoms with van der Waals surface area (Å²) in [6.07, 6.45) is 1.01. The van der Waals surface area contributed by atoms with E-state index in [0.717, 1.165) is 6.16 Å². The summed E-state index contributed by atoms with van der Waals surface area (Å²) in [4.78, 5) is 0. The van der Waals surface area contributed by atoms with Gasteiger partial charge in [0.15, 0.2) is 8.24 Å². The molecule has 0 aromatic carbocycles. The van der Waals surface area contributed by atoms with Crippen LogP contribution in [0, 0.1) is 0 Å². The smallest absolute Gasteiger partial charge is 0.173 e. The van der Waals surface area contributed by atoms with Gasteiger partial charge in [-0.25, -0.2) is 0 Å². The molecule has 0 aromatic rings. The second kappa shape index (κ2) is 8.43. The van der Waals surface area contributed by atoms with Crippen molar-refractivity contribution in [3.8, 4) is 0 Å². The molecule has 0 aliphatic carbocycles. The first-order valence-electron chi connectivity index (χ1n) is 6.14. The van der Waals surface area contributed by atoms with Crippen molar-refractivity contribution < 1.29 is 14.0 Å². The fraction of sp³-hybridized carbons (Fsp3) is 1.00. The summed E-state index contributed by atoms with van der Waals surface area (Å²) in [6.45, 7) is 13.6. The van der Waals surface area contributed by atoms with E-state index in [9.17, 15) is 0 Å². The Labute approximate surface area is 107 Å². The van der Waals surface area contributed by atoms with E-state index < -0.39 is 15.5 Å². The van der Waals surface area contributed by atoms with Crippen LogP contribution >= 0.6 is 7.28 Å². The summed E-state index contributed by atoms with van der Waals surface area (Å²) < 4.78 is 21.2. The summed E-state index contributed by atoms with van der Waals surface area (Å²) in [5.41, 5.74) is 0. The standard InChI is InChI=1S/C11H28NO3PSi/c1-7-16(3,12-17(4,5)6)15-11-10-14-9-8-13-2/h7-11H2,1-6H3. The Morgan fingerprint density at radius 3 is 2.12 bits per heavy atom. The van der Waals surface area contributed by atoms with E-state index in [1.54, 1.807) is 7.11 Å². The molecule has 17 heavy (non-hydrogen) atoms. The highest BCUT2D eigenvalue weighted by Gasteiger charge is 2.18. The van der Waals surface area contributed by atoms with Gasteiger partial charge in [0.2, 0.25) is 0 Å². The second-order valence-electron chi connectivity index (χ2n) is 5.08. The quantitative estimate of drug-likeness (QED) is 0.370. The fourth-order valence-electron chi connectivity index (χ4n) is 1.36. The molecule has 1 atom stereocenters. The molecule has 4 nitrogen and oxygen atoms in total. The number of hydrogen-bond donors (Lipinski definition) is 0. The van der Waals surface area contributed by atoms with Crippen LogP contribution in [0.3, 0.4) is 0 Å². The van der Waals surface area contributed by atoms with E-state index in [-0.39, 0.29) is 0 Å². The molecule has 0 rings (SSSR count). The highest BCUT2D eigenvalue weighted by Crippen LogP contribution is 2.47. The lowest BCUT2D eigenvalue weighted by molar-refractivity contribution is 0.0561. The molecule has 0 amide bonds. The fourth-order valence-corrected chi connectivity index (χ4v) is 7.89. The lowest BCUT2D eigenvalue weighted by atomic mass is 10.7. The Kier molecular flexibility index (Phi) is 8.59. The third kappa shape index (κ3) is 9.98. The summed E-state index contributed by atoms with van der Waals surface area (Å²) >= 11 is 0. The highest BCUT2D eigenvalue weighted by atomic mass is 31.2. The zero-order valence-electron chi connectivity index (χ0n) is 12.2. The molecule has 0 aliphatic heterocycles. The first kappa shape index (κ1) is 17.3. The van der Waals surface area contributed by atoms with Gasteiger partial charge in [-0.2, -0.15) is 0 Å². The Morgan fingerprint density at radius 2 is 1.65 bits per heavy atom. The molecule has 0 heterocycles. The first-order valence-corrected chi connectivity index (χ1v) is 11.9. The Balaban J connectivity index is 4.01. The van der Waals surface area contributed by atoms with Crippen LogP contribution in [0.2, 0.25) is 19.6 Å². The van der Waals surface area contributed by atoms with E-state index in [0.29, 0.717) is 26.4 Å². The topological polar surface area (TPSA) is 40.0 Å². The van der Waals surface area contributed by atoms with Gasteiger partial charge >= 0.3 is 0 Å². The van der Waals surface area contributed by atoms with Crippen molar-refractivity contribution in [1.29, 1.82) is 0 Å². The van der Waals surface area contributed by atoms with Crippen LogP contribution in [0.1, 0.15) is 6.92 Å². The van der Waals surface area contributed by atoms with Crippen LogP contribution in [0.4, 0.5) is 0 Å². The van der Waals surface area contributed by atoms with Gasteiger partial charge in [-0.1, -0.05) is 6.92 Å². The molecule has 0 spiro atoms. The molecule has 0 saturated carbocycles. The lowest BCUT2D eigenvalue weighted by Gasteiger charge is -2.23. The minimum absolute atomic E-state index is 0.625. The van der Waals surface area contributed by atoms with Crippen molar-refractivity contribution >= 4 is 15.5 Å². The Bertz CT molecular complexity index is 254. The average Bonchev–Trinajstić information content (AvgIpc) is 2.21. The molecule has 0 N–H and O–H groups in total. The van der Waals surface area contributed by atoms with Crippen molar-refractivity contribution in [1.82, 2.24) is 0 Å².